The van der Waals surface area contributed by atoms with E-state index in [1.54, 1.807) is 54.6 Å². The summed E-state index contributed by atoms with van der Waals surface area (Å²) in [6.45, 7) is 0.829. The van der Waals surface area contributed by atoms with Gasteiger partial charge in [-0.05, 0) is 42.3 Å². The number of nitrogens with zero attached hydrogens (tertiary/aromatic N) is 1. The molecule has 3 aromatic rings. The number of rotatable bonds is 12. The van der Waals surface area contributed by atoms with Crippen molar-refractivity contribution in [3.63, 3.8) is 0 Å². The fraction of sp³-hybridized carbons (Fsp3) is 0.219. The molecule has 2 amide bonds. The van der Waals surface area contributed by atoms with Crippen LogP contribution in [0.1, 0.15) is 18.1 Å². The Morgan fingerprint density at radius 3 is 2.26 bits per heavy atom. The zero-order valence-electron chi connectivity index (χ0n) is 23.5. The number of carbonyl (C=O) groups excluding carboxylic acids is 3. The number of β-lactam (4-membered cyclic amide) rings is 1. The number of aliphatic hydroxyl groups excluding tert-OH is 1. The maximum absolute atomic E-state index is 13.3. The lowest BCUT2D eigenvalue weighted by Gasteiger charge is -2.46. The predicted octanol–water partition coefficient (Wildman–Crippen LogP) is 4.02. The van der Waals surface area contributed by atoms with Crippen molar-refractivity contribution in [3.8, 4) is 17.2 Å². The van der Waals surface area contributed by atoms with Crippen LogP contribution in [0.4, 0.5) is 0 Å². The molecule has 10 heteroatoms. The molecule has 0 bridgehead atoms. The van der Waals surface area contributed by atoms with Gasteiger partial charge in [0.15, 0.2) is 23.8 Å². The summed E-state index contributed by atoms with van der Waals surface area (Å²) in [4.78, 5) is 40.3. The Morgan fingerprint density at radius 1 is 0.952 bits per heavy atom. The molecule has 10 nitrogen and oxygen atoms in total. The number of carbonyl (C=O) groups is 3. The van der Waals surface area contributed by atoms with Crippen LogP contribution in [0.25, 0.3) is 6.08 Å². The molecule has 1 aliphatic heterocycles. The Morgan fingerprint density at radius 2 is 1.62 bits per heavy atom. The fourth-order valence-electron chi connectivity index (χ4n) is 4.38. The van der Waals surface area contributed by atoms with Gasteiger partial charge in [0.05, 0.1) is 20.3 Å². The van der Waals surface area contributed by atoms with Crippen LogP contribution in [-0.2, 0) is 25.7 Å². The molecule has 3 aromatic carbocycles. The second kappa shape index (κ2) is 13.9. The number of hydrogen-bond donors (Lipinski definition) is 2. The summed E-state index contributed by atoms with van der Waals surface area (Å²) in [6.07, 6.45) is 3.45. The van der Waals surface area contributed by atoms with E-state index in [1.807, 2.05) is 36.4 Å². The van der Waals surface area contributed by atoms with Gasteiger partial charge in [-0.25, -0.2) is 4.79 Å². The van der Waals surface area contributed by atoms with Gasteiger partial charge in [-0.2, -0.15) is 0 Å². The smallest absolute Gasteiger partial charge is 0.358 e. The molecule has 0 saturated carbocycles. The third-order valence-electron chi connectivity index (χ3n) is 6.45. The molecule has 42 heavy (non-hydrogen) atoms. The Labute approximate surface area is 243 Å². The minimum atomic E-state index is -0.996. The topological polar surface area (TPSA) is 124 Å². The maximum atomic E-state index is 13.3. The van der Waals surface area contributed by atoms with Crippen LogP contribution in [0.5, 0.6) is 17.2 Å². The van der Waals surface area contributed by atoms with E-state index in [-0.39, 0.29) is 18.9 Å². The van der Waals surface area contributed by atoms with Crippen LogP contribution >= 0.6 is 0 Å². The zero-order chi connectivity index (χ0) is 30.1. The molecule has 4 rings (SSSR count). The summed E-state index contributed by atoms with van der Waals surface area (Å²) >= 11 is 0. The Bertz CT molecular complexity index is 1470. The second-order valence-corrected chi connectivity index (χ2v) is 9.32. The van der Waals surface area contributed by atoms with Gasteiger partial charge in [-0.3, -0.25) is 14.5 Å². The van der Waals surface area contributed by atoms with Crippen molar-refractivity contribution in [2.24, 2.45) is 0 Å². The summed E-state index contributed by atoms with van der Waals surface area (Å²) in [6, 6.07) is 21.4. The molecule has 1 fully saturated rings. The number of hydrogen-bond acceptors (Lipinski definition) is 8. The van der Waals surface area contributed by atoms with Gasteiger partial charge < -0.3 is 29.4 Å². The highest BCUT2D eigenvalue weighted by molar-refractivity contribution is 6.02. The number of allylic oxidation sites excluding steroid dienone is 1. The van der Waals surface area contributed by atoms with Crippen molar-refractivity contribution >= 4 is 23.9 Å². The van der Waals surface area contributed by atoms with E-state index >= 15 is 0 Å². The molecule has 1 aliphatic rings. The van der Waals surface area contributed by atoms with E-state index < -0.39 is 35.6 Å². The standard InChI is InChI=1S/C32H32N2O8/c1-21(35)30(32(38)42-19-23-15-17-26(39-2)27(18-23)40-3)34-25(16-14-22-10-6-4-7-11-22)29(31(34)37)33-28(36)20-41-24-12-8-5-9-13-24/h4-18,25,29,35H,19-20H2,1-3H3,(H,33,36)/b16-14+,30-21+/t25-,29+/m1/s1. The number of likely N-dealkylation sites (tertiary alicyclic amines) is 1. The Hall–Kier alpha value is -5.25. The molecule has 2 atom stereocenters. The predicted molar refractivity (Wildman–Crippen MR) is 155 cm³/mol. The number of nitrogens with one attached hydrogen (secondary N) is 1. The number of methoxy groups -OCH3 is 2. The van der Waals surface area contributed by atoms with E-state index in [1.165, 1.54) is 21.1 Å². The monoisotopic (exact) mass is 572 g/mol. The van der Waals surface area contributed by atoms with Gasteiger partial charge in [-0.1, -0.05) is 66.7 Å². The molecule has 218 valence electrons. The first-order chi connectivity index (χ1) is 20.3. The van der Waals surface area contributed by atoms with Crippen molar-refractivity contribution in [3.05, 3.63) is 108 Å². The third kappa shape index (κ3) is 7.08. The van der Waals surface area contributed by atoms with Gasteiger partial charge in [-0.15, -0.1) is 0 Å². The Kier molecular flexibility index (Phi) is 9.83. The van der Waals surface area contributed by atoms with Crippen molar-refractivity contribution < 1.29 is 38.4 Å². The van der Waals surface area contributed by atoms with Gasteiger partial charge in [0, 0.05) is 0 Å². The molecule has 0 aliphatic carbocycles. The quantitative estimate of drug-likeness (QED) is 0.144. The normalized spacial score (nSPS) is 16.7. The highest BCUT2D eigenvalue weighted by atomic mass is 16.5. The first-order valence-electron chi connectivity index (χ1n) is 13.1. The Balaban J connectivity index is 1.51. The molecular weight excluding hydrogens is 540 g/mol. The highest BCUT2D eigenvalue weighted by Gasteiger charge is 2.51. The van der Waals surface area contributed by atoms with Crippen molar-refractivity contribution in [1.82, 2.24) is 10.2 Å². The van der Waals surface area contributed by atoms with Crippen LogP contribution in [0.15, 0.2) is 96.4 Å². The largest absolute Gasteiger partial charge is 0.510 e. The summed E-state index contributed by atoms with van der Waals surface area (Å²) < 4.78 is 21.5. The van der Waals surface area contributed by atoms with Crippen LogP contribution < -0.4 is 19.5 Å². The van der Waals surface area contributed by atoms with E-state index in [4.69, 9.17) is 18.9 Å². The lowest BCUT2D eigenvalue weighted by molar-refractivity contribution is -0.155. The molecule has 0 spiro atoms. The van der Waals surface area contributed by atoms with Gasteiger partial charge in [0.1, 0.15) is 24.2 Å². The summed E-state index contributed by atoms with van der Waals surface area (Å²) in [5.41, 5.74) is 1.13. The van der Waals surface area contributed by atoms with Crippen LogP contribution in [0.2, 0.25) is 0 Å². The molecule has 0 unspecified atom stereocenters. The summed E-state index contributed by atoms with van der Waals surface area (Å²) in [5.74, 6) is -0.938. The average Bonchev–Trinajstić information content (AvgIpc) is 3.02. The van der Waals surface area contributed by atoms with Crippen LogP contribution in [-0.4, -0.2) is 60.7 Å². The fourth-order valence-corrected chi connectivity index (χ4v) is 4.38. The highest BCUT2D eigenvalue weighted by Crippen LogP contribution is 2.31. The summed E-state index contributed by atoms with van der Waals surface area (Å²) in [5, 5.41) is 13.2. The minimum Gasteiger partial charge on any atom is -0.510 e. The van der Waals surface area contributed by atoms with Crippen molar-refractivity contribution in [1.29, 1.82) is 0 Å². The van der Waals surface area contributed by atoms with E-state index in [9.17, 15) is 19.5 Å². The van der Waals surface area contributed by atoms with E-state index in [2.05, 4.69) is 5.32 Å². The SMILES string of the molecule is COc1ccc(COC(=O)/C(=C(/C)O)N2C(=O)[C@@H](NC(=O)COc3ccccc3)[C@H]2/C=C/c2ccccc2)cc1OC. The van der Waals surface area contributed by atoms with Crippen LogP contribution in [0.3, 0.4) is 0 Å². The first-order valence-corrected chi connectivity index (χ1v) is 13.1. The number of esters is 1. The number of amides is 2. The molecule has 1 saturated heterocycles. The maximum Gasteiger partial charge on any atom is 0.358 e. The van der Waals surface area contributed by atoms with Gasteiger partial charge in [0.2, 0.25) is 0 Å². The molecular formula is C32H32N2O8. The summed E-state index contributed by atoms with van der Waals surface area (Å²) in [7, 11) is 3.00. The van der Waals surface area contributed by atoms with Crippen molar-refractivity contribution in [2.75, 3.05) is 20.8 Å². The molecule has 1 heterocycles. The van der Waals surface area contributed by atoms with E-state index in [0.29, 0.717) is 22.8 Å². The minimum absolute atomic E-state index is 0.153. The third-order valence-corrected chi connectivity index (χ3v) is 6.45. The average molecular weight is 573 g/mol. The number of aliphatic hydroxyl groups is 1. The number of benzene rings is 3. The van der Waals surface area contributed by atoms with Gasteiger partial charge in [0.25, 0.3) is 11.8 Å². The molecule has 0 radical (unpaired) electrons. The lowest BCUT2D eigenvalue weighted by atomic mass is 9.92. The molecule has 0 aromatic heterocycles. The second-order valence-electron chi connectivity index (χ2n) is 9.32. The van der Waals surface area contributed by atoms with E-state index in [0.717, 1.165) is 10.5 Å². The number of para-hydroxylation sites is 1. The van der Waals surface area contributed by atoms with Gasteiger partial charge >= 0.3 is 5.97 Å². The number of ether oxygens (including phenoxy) is 4. The lowest BCUT2D eigenvalue weighted by Crippen LogP contribution is -2.70. The first kappa shape index (κ1) is 29.7. The zero-order valence-corrected chi connectivity index (χ0v) is 23.5. The van der Waals surface area contributed by atoms with Crippen molar-refractivity contribution in [2.45, 2.75) is 25.6 Å². The van der Waals surface area contributed by atoms with Crippen LogP contribution in [0, 0.1) is 0 Å². The molecule has 2 N–H and O–H groups in total.